The molecule has 5 nitrogen and oxygen atoms in total. The number of benzene rings is 3. The van der Waals surface area contributed by atoms with E-state index in [9.17, 15) is 8.42 Å². The first-order valence-electron chi connectivity index (χ1n) is 7.83. The van der Waals surface area contributed by atoms with Gasteiger partial charge in [0.1, 0.15) is 5.75 Å². The van der Waals surface area contributed by atoms with Gasteiger partial charge in [0.05, 0.1) is 22.2 Å². The van der Waals surface area contributed by atoms with E-state index >= 15 is 0 Å². The third kappa shape index (κ3) is 3.53. The third-order valence-corrected chi connectivity index (χ3v) is 5.60. The highest BCUT2D eigenvalue weighted by atomic mass is 32.2. The van der Waals surface area contributed by atoms with Gasteiger partial charge in [-0.3, -0.25) is 4.31 Å². The molecule has 6 heteroatoms. The summed E-state index contributed by atoms with van der Waals surface area (Å²) < 4.78 is 32.9. The van der Waals surface area contributed by atoms with Gasteiger partial charge < -0.3 is 4.74 Å². The number of nitrogens with zero attached hydrogens (tertiary/aromatic N) is 2. The summed E-state index contributed by atoms with van der Waals surface area (Å²) in [5, 5.41) is 8.87. The summed E-state index contributed by atoms with van der Waals surface area (Å²) in [6.45, 7) is 0. The molecule has 26 heavy (non-hydrogen) atoms. The minimum Gasteiger partial charge on any atom is -0.455 e. The molecule has 0 bridgehead atoms. The minimum atomic E-state index is -3.79. The Kier molecular flexibility index (Phi) is 4.92. The Bertz CT molecular complexity index is 1040. The summed E-state index contributed by atoms with van der Waals surface area (Å²) in [4.78, 5) is 0.105. The first-order chi connectivity index (χ1) is 12.5. The summed E-state index contributed by atoms with van der Waals surface area (Å²) in [6, 6.07) is 23.9. The highest BCUT2D eigenvalue weighted by molar-refractivity contribution is 7.92. The smallest absolute Gasteiger partial charge is 0.264 e. The molecule has 3 aromatic rings. The Morgan fingerprint density at radius 3 is 2.15 bits per heavy atom. The van der Waals surface area contributed by atoms with Gasteiger partial charge in [0.25, 0.3) is 10.0 Å². The molecule has 130 valence electrons. The zero-order valence-electron chi connectivity index (χ0n) is 14.0. The second-order valence-corrected chi connectivity index (χ2v) is 7.46. The van der Waals surface area contributed by atoms with Crippen molar-refractivity contribution in [3.63, 3.8) is 0 Å². The van der Waals surface area contributed by atoms with Gasteiger partial charge >= 0.3 is 0 Å². The highest BCUT2D eigenvalue weighted by Gasteiger charge is 2.23. The molecular weight excluding hydrogens is 348 g/mol. The van der Waals surface area contributed by atoms with E-state index in [1.165, 1.54) is 35.6 Å². The number of hydrogen-bond acceptors (Lipinski definition) is 4. The van der Waals surface area contributed by atoms with E-state index in [1.807, 2.05) is 24.3 Å². The average molecular weight is 364 g/mol. The molecule has 3 rings (SSSR count). The van der Waals surface area contributed by atoms with Crippen LogP contribution in [0.4, 0.5) is 5.69 Å². The molecule has 0 atom stereocenters. The van der Waals surface area contributed by atoms with E-state index in [4.69, 9.17) is 10.00 Å². The summed E-state index contributed by atoms with van der Waals surface area (Å²) >= 11 is 0. The fourth-order valence-electron chi connectivity index (χ4n) is 2.41. The summed E-state index contributed by atoms with van der Waals surface area (Å²) in [7, 11) is -2.31. The Hall–Kier alpha value is -3.30. The van der Waals surface area contributed by atoms with Crippen LogP contribution in [0, 0.1) is 11.3 Å². The molecule has 0 radical (unpaired) electrons. The highest BCUT2D eigenvalue weighted by Crippen LogP contribution is 2.34. The molecule has 0 fully saturated rings. The molecule has 0 aliphatic rings. The van der Waals surface area contributed by atoms with Crippen LogP contribution in [-0.4, -0.2) is 15.5 Å². The Labute approximate surface area is 152 Å². The van der Waals surface area contributed by atoms with Crippen LogP contribution >= 0.6 is 0 Å². The van der Waals surface area contributed by atoms with Crippen molar-refractivity contribution in [3.05, 3.63) is 84.4 Å². The van der Waals surface area contributed by atoms with Crippen molar-refractivity contribution in [2.45, 2.75) is 4.90 Å². The molecule has 0 unspecified atom stereocenters. The molecule has 3 aromatic carbocycles. The van der Waals surface area contributed by atoms with Crippen LogP contribution in [0.1, 0.15) is 5.56 Å². The lowest BCUT2D eigenvalue weighted by Gasteiger charge is -2.22. The Morgan fingerprint density at radius 1 is 0.885 bits per heavy atom. The second-order valence-electron chi connectivity index (χ2n) is 5.49. The number of hydrogen-bond donors (Lipinski definition) is 0. The lowest BCUT2D eigenvalue weighted by molar-refractivity contribution is 0.483. The minimum absolute atomic E-state index is 0.105. The molecule has 0 saturated heterocycles. The zero-order chi connectivity index (χ0) is 18.6. The fraction of sp³-hybridized carbons (Fsp3) is 0.0500. The van der Waals surface area contributed by atoms with Crippen molar-refractivity contribution < 1.29 is 13.2 Å². The normalized spacial score (nSPS) is 10.8. The molecular formula is C20H16N2O3S. The lowest BCUT2D eigenvalue weighted by atomic mass is 10.2. The van der Waals surface area contributed by atoms with Crippen molar-refractivity contribution in [2.24, 2.45) is 0 Å². The van der Waals surface area contributed by atoms with Crippen LogP contribution in [0.5, 0.6) is 11.5 Å². The number of rotatable bonds is 5. The maximum Gasteiger partial charge on any atom is 0.264 e. The van der Waals surface area contributed by atoms with Crippen molar-refractivity contribution in [1.82, 2.24) is 0 Å². The maximum absolute atomic E-state index is 12.9. The van der Waals surface area contributed by atoms with Crippen molar-refractivity contribution >= 4 is 15.7 Å². The average Bonchev–Trinajstić information content (AvgIpc) is 2.68. The second kappa shape index (κ2) is 7.30. The van der Waals surface area contributed by atoms with Gasteiger partial charge in [0, 0.05) is 7.05 Å². The van der Waals surface area contributed by atoms with E-state index in [0.717, 1.165) is 0 Å². The predicted molar refractivity (Wildman–Crippen MR) is 99.7 cm³/mol. The maximum atomic E-state index is 12.9. The van der Waals surface area contributed by atoms with Gasteiger partial charge in [-0.2, -0.15) is 5.26 Å². The molecule has 0 heterocycles. The molecule has 0 aromatic heterocycles. The van der Waals surface area contributed by atoms with Crippen LogP contribution in [-0.2, 0) is 10.0 Å². The molecule has 0 amide bonds. The van der Waals surface area contributed by atoms with Crippen molar-refractivity contribution in [2.75, 3.05) is 11.4 Å². The first kappa shape index (κ1) is 17.5. The molecule has 0 aliphatic carbocycles. The number of nitriles is 1. The zero-order valence-corrected chi connectivity index (χ0v) is 14.8. The number of para-hydroxylation sites is 3. The third-order valence-electron chi connectivity index (χ3n) is 3.82. The quantitative estimate of drug-likeness (QED) is 0.681. The molecule has 0 N–H and O–H groups in total. The van der Waals surface area contributed by atoms with E-state index in [0.29, 0.717) is 22.7 Å². The topological polar surface area (TPSA) is 70.4 Å². The van der Waals surface area contributed by atoms with Crippen LogP contribution in [0.2, 0.25) is 0 Å². The monoisotopic (exact) mass is 364 g/mol. The lowest BCUT2D eigenvalue weighted by Crippen LogP contribution is -2.26. The summed E-state index contributed by atoms with van der Waals surface area (Å²) in [6.07, 6.45) is 0. The molecule has 0 saturated carbocycles. The molecule has 0 spiro atoms. The fourth-order valence-corrected chi connectivity index (χ4v) is 3.61. The number of anilines is 1. The van der Waals surface area contributed by atoms with E-state index < -0.39 is 10.0 Å². The van der Waals surface area contributed by atoms with E-state index in [2.05, 4.69) is 0 Å². The number of sulfonamides is 1. The van der Waals surface area contributed by atoms with Crippen LogP contribution < -0.4 is 9.04 Å². The van der Waals surface area contributed by atoms with Gasteiger partial charge in [0.15, 0.2) is 5.75 Å². The van der Waals surface area contributed by atoms with Gasteiger partial charge in [-0.15, -0.1) is 0 Å². The Morgan fingerprint density at radius 2 is 1.50 bits per heavy atom. The molecule has 0 aliphatic heterocycles. The largest absolute Gasteiger partial charge is 0.455 e. The van der Waals surface area contributed by atoms with Crippen LogP contribution in [0.15, 0.2) is 83.8 Å². The standard InChI is InChI=1S/C20H16N2O3S/c1-22(26(23,24)18-13-11-16(15-21)12-14-18)19-9-5-6-10-20(19)25-17-7-3-2-4-8-17/h2-14H,1H3. The SMILES string of the molecule is CN(c1ccccc1Oc1ccccc1)S(=O)(=O)c1ccc(C#N)cc1. The van der Waals surface area contributed by atoms with Crippen molar-refractivity contribution in [3.8, 4) is 17.6 Å². The van der Waals surface area contributed by atoms with E-state index in [-0.39, 0.29) is 4.90 Å². The van der Waals surface area contributed by atoms with E-state index in [1.54, 1.807) is 36.4 Å². The number of ether oxygens (including phenoxy) is 1. The first-order valence-corrected chi connectivity index (χ1v) is 9.27. The predicted octanol–water partition coefficient (Wildman–Crippen LogP) is 4.18. The van der Waals surface area contributed by atoms with Gasteiger partial charge in [-0.05, 0) is 48.5 Å². The van der Waals surface area contributed by atoms with Crippen LogP contribution in [0.3, 0.4) is 0 Å². The van der Waals surface area contributed by atoms with Crippen molar-refractivity contribution in [1.29, 1.82) is 5.26 Å². The summed E-state index contributed by atoms with van der Waals surface area (Å²) in [5.74, 6) is 1.04. The summed E-state index contributed by atoms with van der Waals surface area (Å²) in [5.41, 5.74) is 0.820. The van der Waals surface area contributed by atoms with Gasteiger partial charge in [-0.1, -0.05) is 30.3 Å². The Balaban J connectivity index is 1.96. The van der Waals surface area contributed by atoms with Gasteiger partial charge in [0.2, 0.25) is 0 Å². The van der Waals surface area contributed by atoms with Gasteiger partial charge in [-0.25, -0.2) is 8.42 Å². The van der Waals surface area contributed by atoms with Crippen LogP contribution in [0.25, 0.3) is 0 Å².